The van der Waals surface area contributed by atoms with Crippen LogP contribution in [-0.2, 0) is 9.59 Å². The van der Waals surface area contributed by atoms with Crippen LogP contribution in [0, 0.1) is 14.3 Å². The van der Waals surface area contributed by atoms with Gasteiger partial charge in [-0.15, -0.1) is 0 Å². The monoisotopic (exact) mass is 720 g/mol. The molecule has 0 aliphatic heterocycles. The molecule has 106 valence electrons. The van der Waals surface area contributed by atoms with E-state index in [4.69, 9.17) is 0 Å². The summed E-state index contributed by atoms with van der Waals surface area (Å²) in [5.41, 5.74) is 1.33. The molecule has 2 N–H and O–H groups in total. The number of nitrogens with one attached hydrogen (secondary N) is 2. The largest absolute Gasteiger partial charge is 0.321 e. The van der Waals surface area contributed by atoms with Gasteiger partial charge in [0.15, 0.2) is 0 Å². The van der Waals surface area contributed by atoms with Gasteiger partial charge in [-0.3, -0.25) is 9.59 Å². The van der Waals surface area contributed by atoms with Crippen LogP contribution in [0.1, 0.15) is 0 Å². The van der Waals surface area contributed by atoms with Crippen LogP contribution >= 0.6 is 90.4 Å². The Bertz CT molecular complexity index is 565. The molecule has 0 saturated heterocycles. The van der Waals surface area contributed by atoms with Crippen LogP contribution in [0.5, 0.6) is 0 Å². The minimum absolute atomic E-state index is 0.293. The molecular formula is C12H8I4N2O2. The predicted molar refractivity (Wildman–Crippen MR) is 115 cm³/mol. The molecule has 4 nitrogen and oxygen atoms in total. The average molecular weight is 720 g/mol. The number of anilines is 2. The smallest absolute Gasteiger partial charge is 0.247 e. The summed E-state index contributed by atoms with van der Waals surface area (Å²) in [7, 11) is 0. The van der Waals surface area contributed by atoms with E-state index in [2.05, 4.69) is 114 Å². The van der Waals surface area contributed by atoms with E-state index >= 15 is 0 Å². The maximum atomic E-state index is 11.5. The molecule has 0 unspecified atom stereocenters. The van der Waals surface area contributed by atoms with Gasteiger partial charge in [-0.25, -0.2) is 0 Å². The zero-order chi connectivity index (χ0) is 15.4. The van der Waals surface area contributed by atoms with E-state index in [0.717, 1.165) is 14.3 Å². The molecule has 0 radical (unpaired) electrons. The highest BCUT2D eigenvalue weighted by molar-refractivity contribution is 14.1. The molecule has 0 fully saturated rings. The standard InChI is InChI=1S/C12H8I4N2O2/c1-3-5(19)17-11-8(14)7(13)9(15)12(10(11)16)18-6(20)4-2/h3-4H,1-2H2,(H,17,19)(H,18,20). The second-order valence-electron chi connectivity index (χ2n) is 3.39. The lowest BCUT2D eigenvalue weighted by Crippen LogP contribution is -2.16. The number of amides is 2. The van der Waals surface area contributed by atoms with Crippen LogP contribution in [0.3, 0.4) is 0 Å². The molecule has 0 atom stereocenters. The van der Waals surface area contributed by atoms with Crippen LogP contribution < -0.4 is 10.6 Å². The van der Waals surface area contributed by atoms with E-state index in [1.54, 1.807) is 0 Å². The van der Waals surface area contributed by atoms with Gasteiger partial charge in [0.25, 0.3) is 0 Å². The zero-order valence-corrected chi connectivity index (χ0v) is 18.5. The molecule has 1 rings (SSSR count). The lowest BCUT2D eigenvalue weighted by atomic mass is 10.2. The Kier molecular flexibility index (Phi) is 7.69. The third-order valence-corrected chi connectivity index (χ3v) is 8.51. The Hall–Kier alpha value is 0.560. The van der Waals surface area contributed by atoms with Crippen molar-refractivity contribution in [1.29, 1.82) is 0 Å². The van der Waals surface area contributed by atoms with Gasteiger partial charge in [0.2, 0.25) is 11.8 Å². The Morgan fingerprint density at radius 1 is 0.750 bits per heavy atom. The molecule has 0 bridgehead atoms. The van der Waals surface area contributed by atoms with Gasteiger partial charge in [0, 0.05) is 3.57 Å². The molecule has 20 heavy (non-hydrogen) atoms. The number of hydrogen-bond acceptors (Lipinski definition) is 2. The molecule has 0 saturated carbocycles. The van der Waals surface area contributed by atoms with Gasteiger partial charge in [0.1, 0.15) is 0 Å². The minimum atomic E-state index is -0.293. The first kappa shape index (κ1) is 18.6. The van der Waals surface area contributed by atoms with Crippen molar-refractivity contribution in [1.82, 2.24) is 0 Å². The second kappa shape index (κ2) is 8.26. The summed E-state index contributed by atoms with van der Waals surface area (Å²) in [5.74, 6) is -0.585. The molecule has 1 aromatic carbocycles. The number of benzene rings is 1. The summed E-state index contributed by atoms with van der Waals surface area (Å²) >= 11 is 8.61. The van der Waals surface area contributed by atoms with Crippen molar-refractivity contribution in [2.75, 3.05) is 10.6 Å². The molecule has 0 spiro atoms. The Morgan fingerprint density at radius 3 is 1.40 bits per heavy atom. The Balaban J connectivity index is 3.45. The second-order valence-corrected chi connectivity index (χ2v) is 7.71. The molecule has 0 heterocycles. The summed E-state index contributed by atoms with van der Waals surface area (Å²) < 4.78 is 3.57. The third-order valence-electron chi connectivity index (χ3n) is 2.13. The number of hydrogen-bond donors (Lipinski definition) is 2. The SMILES string of the molecule is C=CC(=O)Nc1c(I)c(I)c(I)c(NC(=O)C=C)c1I. The fourth-order valence-electron chi connectivity index (χ4n) is 1.20. The highest BCUT2D eigenvalue weighted by Gasteiger charge is 2.20. The fourth-order valence-corrected chi connectivity index (χ4v) is 5.45. The van der Waals surface area contributed by atoms with Gasteiger partial charge in [-0.1, -0.05) is 13.2 Å². The summed E-state index contributed by atoms with van der Waals surface area (Å²) in [4.78, 5) is 23.1. The van der Waals surface area contributed by atoms with Crippen molar-refractivity contribution in [3.05, 3.63) is 39.6 Å². The molecule has 2 amide bonds. The van der Waals surface area contributed by atoms with E-state index in [1.807, 2.05) is 0 Å². The van der Waals surface area contributed by atoms with Crippen LogP contribution in [0.25, 0.3) is 0 Å². The van der Waals surface area contributed by atoms with Crippen molar-refractivity contribution < 1.29 is 9.59 Å². The van der Waals surface area contributed by atoms with Crippen LogP contribution in [0.4, 0.5) is 11.4 Å². The lowest BCUT2D eigenvalue weighted by molar-refractivity contribution is -0.112. The average Bonchev–Trinajstić information content (AvgIpc) is 2.45. The van der Waals surface area contributed by atoms with Crippen molar-refractivity contribution >= 4 is 114 Å². The highest BCUT2D eigenvalue weighted by Crippen LogP contribution is 2.39. The zero-order valence-electron chi connectivity index (χ0n) is 9.90. The molecule has 0 aromatic heterocycles. The number of rotatable bonds is 4. The number of carbonyl (C=O) groups excluding carboxylic acids is 2. The Labute approximate surface area is 171 Å². The van der Waals surface area contributed by atoms with Crippen LogP contribution in [0.2, 0.25) is 0 Å². The first-order valence-corrected chi connectivity index (χ1v) is 9.37. The van der Waals surface area contributed by atoms with Gasteiger partial charge < -0.3 is 10.6 Å². The Morgan fingerprint density at radius 2 is 1.10 bits per heavy atom. The quantitative estimate of drug-likeness (QED) is 0.211. The van der Waals surface area contributed by atoms with Crippen molar-refractivity contribution in [2.24, 2.45) is 0 Å². The topological polar surface area (TPSA) is 58.2 Å². The van der Waals surface area contributed by atoms with Crippen LogP contribution in [0.15, 0.2) is 25.3 Å². The van der Waals surface area contributed by atoms with E-state index in [9.17, 15) is 9.59 Å². The van der Waals surface area contributed by atoms with E-state index in [-0.39, 0.29) is 11.8 Å². The lowest BCUT2D eigenvalue weighted by Gasteiger charge is -2.17. The molecule has 8 heteroatoms. The predicted octanol–water partition coefficient (Wildman–Crippen LogP) is 4.35. The summed E-state index contributed by atoms with van der Waals surface area (Å²) in [6.45, 7) is 6.87. The summed E-state index contributed by atoms with van der Waals surface area (Å²) in [6, 6.07) is 0. The molecule has 0 aliphatic carbocycles. The summed E-state index contributed by atoms with van der Waals surface area (Å²) in [5, 5.41) is 5.54. The normalized spacial score (nSPS) is 9.80. The molecular weight excluding hydrogens is 712 g/mol. The maximum Gasteiger partial charge on any atom is 0.247 e. The van der Waals surface area contributed by atoms with Crippen molar-refractivity contribution in [3.63, 3.8) is 0 Å². The minimum Gasteiger partial charge on any atom is -0.321 e. The first-order valence-electron chi connectivity index (χ1n) is 5.06. The van der Waals surface area contributed by atoms with E-state index < -0.39 is 0 Å². The highest BCUT2D eigenvalue weighted by atomic mass is 127. The fraction of sp³-hybridized carbons (Fsp3) is 0. The van der Waals surface area contributed by atoms with Gasteiger partial charge in [-0.05, 0) is 103 Å². The third kappa shape index (κ3) is 4.28. The summed E-state index contributed by atoms with van der Waals surface area (Å²) in [6.07, 6.45) is 2.41. The van der Waals surface area contributed by atoms with Crippen LogP contribution in [-0.4, -0.2) is 11.8 Å². The van der Waals surface area contributed by atoms with Crippen molar-refractivity contribution in [2.45, 2.75) is 0 Å². The van der Waals surface area contributed by atoms with E-state index in [0.29, 0.717) is 11.4 Å². The number of carbonyl (C=O) groups is 2. The van der Waals surface area contributed by atoms with Crippen molar-refractivity contribution in [3.8, 4) is 0 Å². The van der Waals surface area contributed by atoms with E-state index in [1.165, 1.54) is 12.2 Å². The van der Waals surface area contributed by atoms with Gasteiger partial charge in [0.05, 0.1) is 22.1 Å². The maximum absolute atomic E-state index is 11.5. The van der Waals surface area contributed by atoms with Gasteiger partial charge >= 0.3 is 0 Å². The first-order chi connectivity index (χ1) is 9.33. The van der Waals surface area contributed by atoms with Gasteiger partial charge in [-0.2, -0.15) is 0 Å². The molecule has 1 aromatic rings. The number of halogens is 4. The molecule has 0 aliphatic rings.